The van der Waals surface area contributed by atoms with Crippen LogP contribution in [0.4, 0.5) is 5.69 Å². The van der Waals surface area contributed by atoms with E-state index >= 15 is 0 Å². The van der Waals surface area contributed by atoms with Gasteiger partial charge in [0.1, 0.15) is 17.3 Å². The molecule has 6 nitrogen and oxygen atoms in total. The van der Waals surface area contributed by atoms with Crippen LogP contribution in [0.25, 0.3) is 5.76 Å². The van der Waals surface area contributed by atoms with Crippen LogP contribution in [-0.4, -0.2) is 27.0 Å². The van der Waals surface area contributed by atoms with Gasteiger partial charge in [-0.3, -0.25) is 14.5 Å². The number of rotatable bonds is 3. The summed E-state index contributed by atoms with van der Waals surface area (Å²) in [6.45, 7) is 3.68. The fourth-order valence-corrected chi connectivity index (χ4v) is 3.86. The molecular weight excluding hydrogens is 394 g/mol. The largest absolute Gasteiger partial charge is 0.508 e. The first kappa shape index (κ1) is 20.2. The highest BCUT2D eigenvalue weighted by Gasteiger charge is 2.47. The molecule has 1 saturated heterocycles. The van der Waals surface area contributed by atoms with Gasteiger partial charge in [0.05, 0.1) is 17.3 Å². The van der Waals surface area contributed by atoms with Crippen molar-refractivity contribution in [1.29, 1.82) is 0 Å². The molecule has 3 N–H and O–H groups in total. The lowest BCUT2D eigenvalue weighted by molar-refractivity contribution is -0.132. The van der Waals surface area contributed by atoms with Gasteiger partial charge >= 0.3 is 0 Å². The Labute approximate surface area is 179 Å². The van der Waals surface area contributed by atoms with Crippen LogP contribution in [0, 0.1) is 13.8 Å². The Morgan fingerprint density at radius 3 is 2.26 bits per heavy atom. The van der Waals surface area contributed by atoms with Crippen molar-refractivity contribution in [2.45, 2.75) is 19.9 Å². The number of phenolic OH excluding ortho intramolecular Hbond substituents is 2. The minimum atomic E-state index is -0.978. The van der Waals surface area contributed by atoms with Gasteiger partial charge < -0.3 is 15.3 Å². The summed E-state index contributed by atoms with van der Waals surface area (Å²) in [5.41, 5.74) is 2.69. The monoisotopic (exact) mass is 415 g/mol. The van der Waals surface area contributed by atoms with Crippen molar-refractivity contribution in [2.24, 2.45) is 0 Å². The number of para-hydroxylation sites is 2. The molecule has 4 rings (SSSR count). The second-order valence-corrected chi connectivity index (χ2v) is 7.57. The molecule has 0 bridgehead atoms. The van der Waals surface area contributed by atoms with Gasteiger partial charge in [-0.2, -0.15) is 0 Å². The van der Waals surface area contributed by atoms with Crippen molar-refractivity contribution in [2.75, 3.05) is 4.90 Å². The van der Waals surface area contributed by atoms with Crippen LogP contribution in [0.2, 0.25) is 0 Å². The Kier molecular flexibility index (Phi) is 4.99. The number of benzene rings is 3. The molecule has 3 aromatic carbocycles. The number of carbonyl (C=O) groups excluding carboxylic acids is 2. The minimum Gasteiger partial charge on any atom is -0.508 e. The van der Waals surface area contributed by atoms with Crippen LogP contribution in [0.1, 0.15) is 28.3 Å². The van der Waals surface area contributed by atoms with Gasteiger partial charge in [-0.25, -0.2) is 0 Å². The number of aryl methyl sites for hydroxylation is 2. The number of nitrogens with zero attached hydrogens (tertiary/aromatic N) is 1. The number of aliphatic hydroxyl groups excluding tert-OH is 1. The number of amides is 1. The van der Waals surface area contributed by atoms with Crippen molar-refractivity contribution in [3.8, 4) is 11.5 Å². The number of hydrogen-bond acceptors (Lipinski definition) is 5. The smallest absolute Gasteiger partial charge is 0.300 e. The van der Waals surface area contributed by atoms with Crippen LogP contribution in [-0.2, 0) is 9.59 Å². The van der Waals surface area contributed by atoms with Gasteiger partial charge in [-0.05, 0) is 55.3 Å². The summed E-state index contributed by atoms with van der Waals surface area (Å²) in [6.07, 6.45) is 0. The van der Waals surface area contributed by atoms with Crippen molar-refractivity contribution < 1.29 is 24.9 Å². The Hall–Kier alpha value is -4.06. The summed E-state index contributed by atoms with van der Waals surface area (Å²) < 4.78 is 0. The lowest BCUT2D eigenvalue weighted by Crippen LogP contribution is -2.29. The third-order valence-corrected chi connectivity index (χ3v) is 5.44. The molecular formula is C25H21NO5. The number of ketones is 1. The molecule has 31 heavy (non-hydrogen) atoms. The van der Waals surface area contributed by atoms with Crippen molar-refractivity contribution in [3.63, 3.8) is 0 Å². The summed E-state index contributed by atoms with van der Waals surface area (Å²) in [6, 6.07) is 16.8. The van der Waals surface area contributed by atoms with Crippen molar-refractivity contribution in [3.05, 3.63) is 94.6 Å². The minimum absolute atomic E-state index is 0.0257. The molecule has 0 saturated carbocycles. The number of anilines is 1. The average molecular weight is 415 g/mol. The maximum atomic E-state index is 13.1. The lowest BCUT2D eigenvalue weighted by Gasteiger charge is -2.26. The van der Waals surface area contributed by atoms with Gasteiger partial charge in [0.2, 0.25) is 0 Å². The highest BCUT2D eigenvalue weighted by molar-refractivity contribution is 6.52. The highest BCUT2D eigenvalue weighted by Crippen LogP contribution is 2.45. The van der Waals surface area contributed by atoms with Gasteiger partial charge in [-0.15, -0.1) is 0 Å². The van der Waals surface area contributed by atoms with Crippen molar-refractivity contribution in [1.82, 2.24) is 0 Å². The van der Waals surface area contributed by atoms with E-state index in [0.29, 0.717) is 11.1 Å². The van der Waals surface area contributed by atoms with Gasteiger partial charge in [0.25, 0.3) is 11.7 Å². The molecule has 3 aromatic rings. The van der Waals surface area contributed by atoms with E-state index < -0.39 is 17.7 Å². The Morgan fingerprint density at radius 2 is 1.58 bits per heavy atom. The normalized spacial score (nSPS) is 17.9. The Bertz CT molecular complexity index is 1230. The zero-order valence-corrected chi connectivity index (χ0v) is 17.0. The quantitative estimate of drug-likeness (QED) is 0.336. The highest BCUT2D eigenvalue weighted by atomic mass is 16.3. The second-order valence-electron chi connectivity index (χ2n) is 7.57. The van der Waals surface area contributed by atoms with Crippen LogP contribution < -0.4 is 4.90 Å². The zero-order chi connectivity index (χ0) is 22.3. The molecule has 1 unspecified atom stereocenters. The molecule has 6 heteroatoms. The molecule has 1 amide bonds. The van der Waals surface area contributed by atoms with E-state index in [4.69, 9.17) is 0 Å². The molecule has 1 atom stereocenters. The van der Waals surface area contributed by atoms with E-state index in [1.807, 2.05) is 26.0 Å². The first-order valence-electron chi connectivity index (χ1n) is 9.75. The fraction of sp³-hybridized carbons (Fsp3) is 0.120. The number of Topliss-reactive ketones (excluding diaryl/α,β-unsaturated/α-hetero) is 1. The maximum Gasteiger partial charge on any atom is 0.300 e. The third-order valence-electron chi connectivity index (χ3n) is 5.44. The number of aromatic hydroxyl groups is 2. The molecule has 1 aliphatic heterocycles. The molecule has 1 heterocycles. The van der Waals surface area contributed by atoms with Gasteiger partial charge in [0, 0.05) is 5.56 Å². The predicted molar refractivity (Wildman–Crippen MR) is 117 cm³/mol. The molecule has 0 aliphatic carbocycles. The van der Waals surface area contributed by atoms with Gasteiger partial charge in [-0.1, -0.05) is 42.0 Å². The van der Waals surface area contributed by atoms with E-state index in [2.05, 4.69) is 0 Å². The van der Waals surface area contributed by atoms with Crippen molar-refractivity contribution >= 4 is 23.1 Å². The van der Waals surface area contributed by atoms with E-state index in [1.54, 1.807) is 30.3 Å². The Balaban J connectivity index is 2.00. The van der Waals surface area contributed by atoms with E-state index in [-0.39, 0.29) is 28.5 Å². The van der Waals surface area contributed by atoms with Crippen LogP contribution in [0.5, 0.6) is 11.5 Å². The summed E-state index contributed by atoms with van der Waals surface area (Å²) in [7, 11) is 0. The van der Waals surface area contributed by atoms with E-state index in [9.17, 15) is 24.9 Å². The topological polar surface area (TPSA) is 98.1 Å². The number of carbonyl (C=O) groups is 2. The lowest BCUT2D eigenvalue weighted by atomic mass is 9.93. The molecule has 1 aliphatic rings. The second kappa shape index (κ2) is 7.65. The predicted octanol–water partition coefficient (Wildman–Crippen LogP) is 4.34. The standard InChI is InChI=1S/C25H21NO5/c1-14-7-8-15(2)18(13-14)23(29)21-22(16-9-11-17(27)12-10-16)26(25(31)24(21)30)19-5-3-4-6-20(19)28/h3-13,22,27-29H,1-2H3/b23-21+. The number of phenols is 2. The van der Waals surface area contributed by atoms with Crippen LogP contribution >= 0.6 is 0 Å². The molecule has 156 valence electrons. The summed E-state index contributed by atoms with van der Waals surface area (Å²) in [5.74, 6) is -2.13. The number of hydrogen-bond donors (Lipinski definition) is 3. The maximum absolute atomic E-state index is 13.1. The fourth-order valence-electron chi connectivity index (χ4n) is 3.86. The molecule has 0 aromatic heterocycles. The SMILES string of the molecule is Cc1ccc(C)c(/C(O)=C2\C(=O)C(=O)N(c3ccccc3O)C2c2ccc(O)cc2)c1. The van der Waals surface area contributed by atoms with Crippen LogP contribution in [0.15, 0.2) is 72.3 Å². The third kappa shape index (κ3) is 3.42. The average Bonchev–Trinajstić information content (AvgIpc) is 3.01. The van der Waals surface area contributed by atoms with Gasteiger partial charge in [0.15, 0.2) is 0 Å². The van der Waals surface area contributed by atoms with Crippen LogP contribution in [0.3, 0.4) is 0 Å². The molecule has 1 fully saturated rings. The Morgan fingerprint density at radius 1 is 0.903 bits per heavy atom. The van der Waals surface area contributed by atoms with E-state index in [0.717, 1.165) is 11.1 Å². The first-order valence-corrected chi connectivity index (χ1v) is 9.75. The summed E-state index contributed by atoms with van der Waals surface area (Å²) >= 11 is 0. The number of aliphatic hydroxyl groups is 1. The zero-order valence-electron chi connectivity index (χ0n) is 17.0. The summed E-state index contributed by atoms with van der Waals surface area (Å²) in [4.78, 5) is 27.4. The molecule has 0 spiro atoms. The van der Waals surface area contributed by atoms with E-state index in [1.165, 1.54) is 29.2 Å². The molecule has 0 radical (unpaired) electrons. The first-order chi connectivity index (χ1) is 14.8. The summed E-state index contributed by atoms with van der Waals surface area (Å²) in [5, 5.41) is 31.3.